The number of alkyl halides is 2. The minimum absolute atomic E-state index is 0.000610. The summed E-state index contributed by atoms with van der Waals surface area (Å²) in [5.74, 6) is -4.81. The molecule has 1 unspecified atom stereocenters. The third-order valence-electron chi connectivity index (χ3n) is 6.68. The monoisotopic (exact) mass is 674 g/mol. The molecule has 3 heterocycles. The second-order valence-electron chi connectivity index (χ2n) is 11.9. The van der Waals surface area contributed by atoms with Gasteiger partial charge in [-0.3, -0.25) is 40.6 Å². The van der Waals surface area contributed by atoms with E-state index in [2.05, 4.69) is 43.0 Å². The molecule has 0 saturated carbocycles. The van der Waals surface area contributed by atoms with E-state index in [4.69, 9.17) is 4.74 Å². The number of nitrogens with one attached hydrogen (secondary N) is 4. The van der Waals surface area contributed by atoms with Crippen molar-refractivity contribution in [2.45, 2.75) is 65.1 Å². The Morgan fingerprint density at radius 1 is 1.15 bits per heavy atom. The number of ether oxygens (including phenoxy) is 1. The first-order valence-electron chi connectivity index (χ1n) is 14.8. The molecule has 0 aliphatic carbocycles. The van der Waals surface area contributed by atoms with E-state index in [0.717, 1.165) is 16.7 Å². The molecular formula is C31H40F2N8O5S. The summed E-state index contributed by atoms with van der Waals surface area (Å²) < 4.78 is 34.2. The first-order chi connectivity index (χ1) is 22.0. The highest BCUT2D eigenvalue weighted by molar-refractivity contribution is 8.14. The van der Waals surface area contributed by atoms with E-state index in [-0.39, 0.29) is 28.2 Å². The lowest BCUT2D eigenvalue weighted by Crippen LogP contribution is -2.55. The van der Waals surface area contributed by atoms with Crippen molar-refractivity contribution in [2.75, 3.05) is 24.7 Å². The maximum atomic E-state index is 14.4. The van der Waals surface area contributed by atoms with E-state index in [9.17, 15) is 28.0 Å². The largest absolute Gasteiger partial charge is 0.444 e. The molecule has 0 spiro atoms. The van der Waals surface area contributed by atoms with E-state index in [1.165, 1.54) is 31.6 Å². The van der Waals surface area contributed by atoms with Crippen LogP contribution < -0.4 is 21.5 Å². The number of urea groups is 1. The number of likely N-dealkylation sites (N-methyl/N-ethyl adjacent to an activating group) is 1. The van der Waals surface area contributed by atoms with E-state index in [1.54, 1.807) is 47.6 Å². The van der Waals surface area contributed by atoms with E-state index < -0.39 is 47.5 Å². The average molecular weight is 675 g/mol. The molecule has 0 saturated heterocycles. The van der Waals surface area contributed by atoms with E-state index >= 15 is 0 Å². The molecule has 0 fully saturated rings. The van der Waals surface area contributed by atoms with E-state index in [1.807, 2.05) is 0 Å². The third-order valence-corrected chi connectivity index (χ3v) is 7.76. The van der Waals surface area contributed by atoms with Gasteiger partial charge in [0.25, 0.3) is 17.7 Å². The number of anilines is 1. The van der Waals surface area contributed by atoms with Crippen LogP contribution in [0.5, 0.6) is 0 Å². The summed E-state index contributed by atoms with van der Waals surface area (Å²) in [4.78, 5) is 64.7. The molecule has 1 aliphatic rings. The van der Waals surface area contributed by atoms with Crippen molar-refractivity contribution in [3.05, 3.63) is 54.5 Å². The van der Waals surface area contributed by atoms with Crippen LogP contribution in [0.15, 0.2) is 48.2 Å². The van der Waals surface area contributed by atoms with Crippen LogP contribution >= 0.6 is 11.8 Å². The molecule has 2 aromatic rings. The molecule has 0 radical (unpaired) electrons. The number of aliphatic imine (C=N–C) groups is 1. The number of carbonyl (C=O) groups is 4. The molecule has 16 heteroatoms. The van der Waals surface area contributed by atoms with Gasteiger partial charge >= 0.3 is 12.1 Å². The first-order valence-corrected chi connectivity index (χ1v) is 15.8. The number of carbonyl (C=O) groups excluding carboxylic acids is 4. The summed E-state index contributed by atoms with van der Waals surface area (Å²) in [5, 5.41) is 5.48. The van der Waals surface area contributed by atoms with Crippen LogP contribution in [-0.2, 0) is 9.53 Å². The summed E-state index contributed by atoms with van der Waals surface area (Å²) in [5.41, 5.74) is 5.08. The number of pyridine rings is 2. The fourth-order valence-electron chi connectivity index (χ4n) is 4.46. The number of halogens is 2. The SMILES string of the molecule is C=CC(F)(F)C1CSC(c2cc(NC(=O)NCC)ncc2-c2ccnc(C(=O)NNC(=O)[C@H](C(C)C)N(C)C(=O)OC(C)(C)C)c2)=N1. The highest BCUT2D eigenvalue weighted by Gasteiger charge is 2.40. The lowest BCUT2D eigenvalue weighted by molar-refractivity contribution is -0.128. The van der Waals surface area contributed by atoms with Crippen LogP contribution in [0.2, 0.25) is 0 Å². The van der Waals surface area contributed by atoms with E-state index in [0.29, 0.717) is 29.3 Å². The third kappa shape index (κ3) is 9.70. The summed E-state index contributed by atoms with van der Waals surface area (Å²) >= 11 is 1.11. The van der Waals surface area contributed by atoms with Crippen molar-refractivity contribution >= 4 is 46.6 Å². The predicted octanol–water partition coefficient (Wildman–Crippen LogP) is 4.62. The maximum Gasteiger partial charge on any atom is 0.410 e. The predicted molar refractivity (Wildman–Crippen MR) is 176 cm³/mol. The molecule has 2 aromatic heterocycles. The molecule has 2 atom stereocenters. The van der Waals surface area contributed by atoms with Gasteiger partial charge in [0.2, 0.25) is 0 Å². The molecule has 0 bridgehead atoms. The number of hydrazine groups is 1. The Morgan fingerprint density at radius 2 is 1.85 bits per heavy atom. The smallest absolute Gasteiger partial charge is 0.410 e. The highest BCUT2D eigenvalue weighted by Crippen LogP contribution is 2.36. The number of hydrogen-bond donors (Lipinski definition) is 4. The fourth-order valence-corrected chi connectivity index (χ4v) is 5.60. The van der Waals surface area contributed by atoms with Crippen molar-refractivity contribution in [1.82, 2.24) is 31.0 Å². The number of aromatic nitrogens is 2. The summed E-state index contributed by atoms with van der Waals surface area (Å²) in [6.45, 7) is 13.9. The first kappa shape index (κ1) is 36.9. The molecule has 1 aliphatic heterocycles. The normalized spacial score (nSPS) is 15.3. The van der Waals surface area contributed by atoms with Crippen LogP contribution in [0.1, 0.15) is 57.6 Å². The summed E-state index contributed by atoms with van der Waals surface area (Å²) in [6.07, 6.45) is 2.65. The lowest BCUT2D eigenvalue weighted by Gasteiger charge is -2.32. The topological polar surface area (TPSA) is 167 Å². The van der Waals surface area contributed by atoms with Crippen LogP contribution in [0.25, 0.3) is 11.1 Å². The Morgan fingerprint density at radius 3 is 2.47 bits per heavy atom. The van der Waals surface area contributed by atoms with Crippen LogP contribution in [0.4, 0.5) is 24.2 Å². The molecule has 5 amide bonds. The highest BCUT2D eigenvalue weighted by atomic mass is 32.2. The second kappa shape index (κ2) is 15.3. The minimum Gasteiger partial charge on any atom is -0.444 e. The quantitative estimate of drug-likeness (QED) is 0.209. The molecular weight excluding hydrogens is 634 g/mol. The van der Waals surface area contributed by atoms with Gasteiger partial charge in [0.15, 0.2) is 0 Å². The number of rotatable bonds is 10. The average Bonchev–Trinajstić information content (AvgIpc) is 3.50. The maximum absolute atomic E-state index is 14.4. The Hall–Kier alpha value is -4.60. The molecule has 4 N–H and O–H groups in total. The van der Waals surface area contributed by atoms with Crippen molar-refractivity contribution in [3.8, 4) is 11.1 Å². The summed E-state index contributed by atoms with van der Waals surface area (Å²) in [6, 6.07) is 1.73. The van der Waals surface area contributed by atoms with Crippen molar-refractivity contribution < 1.29 is 32.7 Å². The van der Waals surface area contributed by atoms with Crippen LogP contribution in [0, 0.1) is 5.92 Å². The second-order valence-corrected chi connectivity index (χ2v) is 12.9. The van der Waals surface area contributed by atoms with Gasteiger partial charge in [-0.25, -0.2) is 14.6 Å². The zero-order chi connectivity index (χ0) is 35.1. The zero-order valence-corrected chi connectivity index (χ0v) is 28.1. The molecule has 0 aromatic carbocycles. The fraction of sp³-hybridized carbons (Fsp3) is 0.452. The molecule has 13 nitrogen and oxygen atoms in total. The summed E-state index contributed by atoms with van der Waals surface area (Å²) in [7, 11) is 1.43. The number of nitrogens with zero attached hydrogens (tertiary/aromatic N) is 4. The van der Waals surface area contributed by atoms with Gasteiger partial charge in [-0.15, -0.1) is 11.8 Å². The van der Waals surface area contributed by atoms with Gasteiger partial charge in [0.1, 0.15) is 29.2 Å². The minimum atomic E-state index is -3.23. The Bertz CT molecular complexity index is 1550. The Balaban J connectivity index is 1.88. The molecule has 3 rings (SSSR count). The van der Waals surface area contributed by atoms with Gasteiger partial charge in [-0.1, -0.05) is 20.4 Å². The zero-order valence-electron chi connectivity index (χ0n) is 27.3. The Kier molecular flexibility index (Phi) is 12.0. The number of amides is 5. The van der Waals surface area contributed by atoms with Crippen LogP contribution in [-0.4, -0.2) is 86.8 Å². The van der Waals surface area contributed by atoms with Gasteiger partial charge < -0.3 is 10.1 Å². The standard InChI is InChI=1S/C31H40F2N8O5S/c1-9-31(32,33)22-16-47-27(37-22)19-14-23(38-28(44)34-10-2)36-15-20(19)18-11-12-35-21(13-18)25(42)39-40-26(43)24(17(3)4)41(8)29(45)46-30(5,6)7/h9,11-15,17,22,24H,1,10,16H2,2-8H3,(H,39,42)(H,40,43)(H2,34,36,38,44)/t22?,24-/m0/s1. The van der Waals surface area contributed by atoms with Crippen LogP contribution in [0.3, 0.4) is 0 Å². The van der Waals surface area contributed by atoms with Crippen molar-refractivity contribution in [1.29, 1.82) is 0 Å². The number of thioether (sulfide) groups is 1. The molecule has 254 valence electrons. The van der Waals surface area contributed by atoms with Gasteiger partial charge in [0, 0.05) is 42.9 Å². The van der Waals surface area contributed by atoms with Gasteiger partial charge in [-0.05, 0) is 63.5 Å². The van der Waals surface area contributed by atoms with Crippen molar-refractivity contribution in [2.24, 2.45) is 10.9 Å². The molecule has 47 heavy (non-hydrogen) atoms. The van der Waals surface area contributed by atoms with Gasteiger partial charge in [0.05, 0.1) is 5.04 Å². The number of hydrogen-bond acceptors (Lipinski definition) is 9. The Labute approximate surface area is 276 Å². The lowest BCUT2D eigenvalue weighted by atomic mass is 10.0. The van der Waals surface area contributed by atoms with Crippen molar-refractivity contribution in [3.63, 3.8) is 0 Å². The van der Waals surface area contributed by atoms with Gasteiger partial charge in [-0.2, -0.15) is 8.78 Å².